The predicted molar refractivity (Wildman–Crippen MR) is 70.4 cm³/mol. The highest BCUT2D eigenvalue weighted by atomic mass is 32.2. The van der Waals surface area contributed by atoms with E-state index in [1.807, 2.05) is 0 Å². The van der Waals surface area contributed by atoms with Crippen molar-refractivity contribution in [3.63, 3.8) is 0 Å². The van der Waals surface area contributed by atoms with Gasteiger partial charge in [0.05, 0.1) is 10.5 Å². The Morgan fingerprint density at radius 3 is 2.58 bits per heavy atom. The fourth-order valence-electron chi connectivity index (χ4n) is 2.05. The molecule has 0 aliphatic heterocycles. The van der Waals surface area contributed by atoms with Crippen LogP contribution in [0.2, 0.25) is 0 Å². The van der Waals surface area contributed by atoms with E-state index in [9.17, 15) is 13.2 Å². The number of nitrogens with zero attached hydrogens (tertiary/aromatic N) is 1. The van der Waals surface area contributed by atoms with Crippen LogP contribution in [0.4, 0.5) is 5.69 Å². The van der Waals surface area contributed by atoms with Gasteiger partial charge in [-0.05, 0) is 31.0 Å². The summed E-state index contributed by atoms with van der Waals surface area (Å²) in [6, 6.07) is 3.84. The molecule has 2 rings (SSSR count). The fraction of sp³-hybridized carbons (Fsp3) is 0.417. The zero-order chi connectivity index (χ0) is 14.2. The Balaban J connectivity index is 2.53. The van der Waals surface area contributed by atoms with E-state index in [1.165, 1.54) is 22.5 Å². The first kappa shape index (κ1) is 13.8. The van der Waals surface area contributed by atoms with Crippen LogP contribution in [0, 0.1) is 0 Å². The second-order valence-electron chi connectivity index (χ2n) is 4.50. The Labute approximate surface area is 111 Å². The van der Waals surface area contributed by atoms with Crippen LogP contribution in [-0.4, -0.2) is 36.4 Å². The molecule has 0 amide bonds. The van der Waals surface area contributed by atoms with Crippen molar-refractivity contribution in [3.05, 3.63) is 23.8 Å². The summed E-state index contributed by atoms with van der Waals surface area (Å²) in [5.41, 5.74) is 5.47. The van der Waals surface area contributed by atoms with E-state index >= 15 is 0 Å². The number of rotatable bonds is 5. The third kappa shape index (κ3) is 2.57. The second-order valence-corrected chi connectivity index (χ2v) is 6.36. The Morgan fingerprint density at radius 2 is 2.11 bits per heavy atom. The average Bonchev–Trinajstić information content (AvgIpc) is 3.13. The van der Waals surface area contributed by atoms with E-state index < -0.39 is 16.0 Å². The van der Waals surface area contributed by atoms with Crippen LogP contribution in [0.5, 0.6) is 0 Å². The van der Waals surface area contributed by atoms with Crippen molar-refractivity contribution in [3.8, 4) is 0 Å². The van der Waals surface area contributed by atoms with E-state index in [4.69, 9.17) is 10.8 Å². The number of hydrogen-bond acceptors (Lipinski definition) is 4. The first-order valence-electron chi connectivity index (χ1n) is 6.02. The number of nitrogens with two attached hydrogens (primary N) is 1. The molecular formula is C12H16N2O4S. The third-order valence-corrected chi connectivity index (χ3v) is 5.17. The number of carboxylic acid groups (broad SMARTS) is 1. The zero-order valence-electron chi connectivity index (χ0n) is 10.5. The highest BCUT2D eigenvalue weighted by Gasteiger charge is 2.38. The number of sulfonamides is 1. The molecule has 6 nitrogen and oxygen atoms in total. The van der Waals surface area contributed by atoms with Crippen molar-refractivity contribution in [2.75, 3.05) is 12.3 Å². The number of anilines is 1. The van der Waals surface area contributed by atoms with Crippen molar-refractivity contribution in [1.82, 2.24) is 4.31 Å². The van der Waals surface area contributed by atoms with Gasteiger partial charge in [-0.1, -0.05) is 6.92 Å². The van der Waals surface area contributed by atoms with Crippen molar-refractivity contribution < 1.29 is 18.3 Å². The smallest absolute Gasteiger partial charge is 0.337 e. The number of aromatic carboxylic acids is 1. The molecule has 0 saturated heterocycles. The van der Waals surface area contributed by atoms with Crippen molar-refractivity contribution >= 4 is 21.7 Å². The molecule has 7 heteroatoms. The third-order valence-electron chi connectivity index (χ3n) is 3.09. The van der Waals surface area contributed by atoms with Crippen LogP contribution >= 0.6 is 0 Å². The normalized spacial score (nSPS) is 15.7. The van der Waals surface area contributed by atoms with Gasteiger partial charge in [-0.2, -0.15) is 4.31 Å². The summed E-state index contributed by atoms with van der Waals surface area (Å²) in [6.45, 7) is 2.07. The lowest BCUT2D eigenvalue weighted by atomic mass is 10.2. The summed E-state index contributed by atoms with van der Waals surface area (Å²) < 4.78 is 26.4. The standard InChI is InChI=1S/C12H16N2O4S/c1-2-14(9-4-5-9)19(17,18)11-6-3-8(13)7-10(11)12(15)16/h3,6-7,9H,2,4-5,13H2,1H3,(H,15,16). The maximum atomic E-state index is 12.5. The Hall–Kier alpha value is -1.60. The van der Waals surface area contributed by atoms with Crippen LogP contribution in [0.1, 0.15) is 30.1 Å². The highest BCUT2D eigenvalue weighted by molar-refractivity contribution is 7.89. The topological polar surface area (TPSA) is 101 Å². The molecule has 1 aromatic rings. The van der Waals surface area contributed by atoms with Gasteiger partial charge in [0, 0.05) is 18.3 Å². The van der Waals surface area contributed by atoms with Crippen molar-refractivity contribution in [2.45, 2.75) is 30.7 Å². The summed E-state index contributed by atoms with van der Waals surface area (Å²) in [7, 11) is -3.78. The first-order valence-corrected chi connectivity index (χ1v) is 7.46. The van der Waals surface area contributed by atoms with Crippen molar-refractivity contribution in [1.29, 1.82) is 0 Å². The summed E-state index contributed by atoms with van der Waals surface area (Å²) in [5.74, 6) is -1.29. The van der Waals surface area contributed by atoms with Crippen LogP contribution in [0.15, 0.2) is 23.1 Å². The molecule has 0 bridgehead atoms. The van der Waals surface area contributed by atoms with Crippen LogP contribution in [0.25, 0.3) is 0 Å². The molecule has 0 unspecified atom stereocenters. The quantitative estimate of drug-likeness (QED) is 0.790. The maximum absolute atomic E-state index is 12.5. The van der Waals surface area contributed by atoms with Gasteiger partial charge in [0.1, 0.15) is 0 Å². The molecule has 1 fully saturated rings. The minimum Gasteiger partial charge on any atom is -0.478 e. The minimum atomic E-state index is -3.78. The van der Waals surface area contributed by atoms with E-state index in [0.717, 1.165) is 12.8 Å². The molecule has 0 spiro atoms. The summed E-state index contributed by atoms with van der Waals surface area (Å²) in [6.07, 6.45) is 1.65. The highest BCUT2D eigenvalue weighted by Crippen LogP contribution is 2.33. The van der Waals surface area contributed by atoms with Gasteiger partial charge < -0.3 is 10.8 Å². The van der Waals surface area contributed by atoms with Gasteiger partial charge in [0.2, 0.25) is 10.0 Å². The average molecular weight is 284 g/mol. The van der Waals surface area contributed by atoms with Gasteiger partial charge in [0.25, 0.3) is 0 Å². The first-order chi connectivity index (χ1) is 8.87. The fourth-order valence-corrected chi connectivity index (χ4v) is 3.91. The largest absolute Gasteiger partial charge is 0.478 e. The molecule has 0 heterocycles. The Kier molecular flexibility index (Phi) is 3.51. The van der Waals surface area contributed by atoms with Gasteiger partial charge >= 0.3 is 5.97 Å². The monoisotopic (exact) mass is 284 g/mol. The molecule has 1 aliphatic carbocycles. The molecule has 104 valence electrons. The van der Waals surface area contributed by atoms with Gasteiger partial charge in [-0.15, -0.1) is 0 Å². The molecule has 0 atom stereocenters. The number of hydrogen-bond donors (Lipinski definition) is 2. The van der Waals surface area contributed by atoms with E-state index in [0.29, 0.717) is 6.54 Å². The molecule has 19 heavy (non-hydrogen) atoms. The zero-order valence-corrected chi connectivity index (χ0v) is 11.4. The lowest BCUT2D eigenvalue weighted by molar-refractivity contribution is 0.0692. The Morgan fingerprint density at radius 1 is 1.47 bits per heavy atom. The van der Waals surface area contributed by atoms with Gasteiger partial charge in [-0.25, -0.2) is 13.2 Å². The van der Waals surface area contributed by atoms with E-state index in [1.54, 1.807) is 6.92 Å². The van der Waals surface area contributed by atoms with Gasteiger partial charge in [-0.3, -0.25) is 0 Å². The molecule has 0 aromatic heterocycles. The molecule has 0 radical (unpaired) electrons. The Bertz CT molecular complexity index is 608. The maximum Gasteiger partial charge on any atom is 0.337 e. The number of carbonyl (C=O) groups is 1. The summed E-state index contributed by atoms with van der Waals surface area (Å²) >= 11 is 0. The van der Waals surface area contributed by atoms with E-state index in [2.05, 4.69) is 0 Å². The van der Waals surface area contributed by atoms with Crippen LogP contribution in [-0.2, 0) is 10.0 Å². The lowest BCUT2D eigenvalue weighted by Gasteiger charge is -2.21. The molecule has 3 N–H and O–H groups in total. The number of benzene rings is 1. The second kappa shape index (κ2) is 4.82. The summed E-state index contributed by atoms with van der Waals surface area (Å²) in [5, 5.41) is 9.12. The molecule has 1 aliphatic rings. The molecule has 1 saturated carbocycles. The number of nitrogen functional groups attached to an aromatic ring is 1. The SMILES string of the molecule is CCN(C1CC1)S(=O)(=O)c1ccc(N)cc1C(=O)O. The molecular weight excluding hydrogens is 268 g/mol. The van der Waals surface area contributed by atoms with Crippen LogP contribution in [0.3, 0.4) is 0 Å². The predicted octanol–water partition coefficient (Wildman–Crippen LogP) is 1.14. The number of carboxylic acids is 1. The van der Waals surface area contributed by atoms with Crippen molar-refractivity contribution in [2.24, 2.45) is 0 Å². The van der Waals surface area contributed by atoms with E-state index in [-0.39, 0.29) is 22.2 Å². The summed E-state index contributed by atoms with van der Waals surface area (Å²) in [4.78, 5) is 11.0. The molecule has 1 aromatic carbocycles. The lowest BCUT2D eigenvalue weighted by Crippen LogP contribution is -2.33. The van der Waals surface area contributed by atoms with Gasteiger partial charge in [0.15, 0.2) is 0 Å². The minimum absolute atomic E-state index is 0.00537. The van der Waals surface area contributed by atoms with Crippen LogP contribution < -0.4 is 5.73 Å².